The minimum atomic E-state index is -1.03. The van der Waals surface area contributed by atoms with Crippen LogP contribution in [0.3, 0.4) is 0 Å². The summed E-state index contributed by atoms with van der Waals surface area (Å²) in [5.41, 5.74) is 2.67. The highest BCUT2D eigenvalue weighted by atomic mass is 35.5. The van der Waals surface area contributed by atoms with E-state index >= 15 is 4.39 Å². The van der Waals surface area contributed by atoms with E-state index in [1.165, 1.54) is 32.7 Å². The van der Waals surface area contributed by atoms with Crippen LogP contribution in [0.2, 0.25) is 10.0 Å². The first-order valence-corrected chi connectivity index (χ1v) is 17.8. The minimum absolute atomic E-state index is 0.0766. The molecule has 0 amide bonds. The van der Waals surface area contributed by atoms with Crippen molar-refractivity contribution < 1.29 is 37.7 Å². The summed E-state index contributed by atoms with van der Waals surface area (Å²) in [6, 6.07) is 17.6. The van der Waals surface area contributed by atoms with Crippen LogP contribution in [0.1, 0.15) is 52.8 Å². The molecule has 0 saturated carbocycles. The van der Waals surface area contributed by atoms with Gasteiger partial charge in [0.15, 0.2) is 23.9 Å². The van der Waals surface area contributed by atoms with E-state index in [9.17, 15) is 14.8 Å². The van der Waals surface area contributed by atoms with Gasteiger partial charge in [-0.25, -0.2) is 9.18 Å². The number of carbonyl (C=O) groups is 2. The fourth-order valence-corrected chi connectivity index (χ4v) is 7.52. The second kappa shape index (κ2) is 16.9. The lowest BCUT2D eigenvalue weighted by Gasteiger charge is -2.44. The Hall–Kier alpha value is -4.42. The lowest BCUT2D eigenvalue weighted by molar-refractivity contribution is -0.605. The fourth-order valence-electron chi connectivity index (χ4n) is 6.92. The highest BCUT2D eigenvalue weighted by Gasteiger charge is 2.38. The average molecular weight is 753 g/mol. The molecule has 52 heavy (non-hydrogen) atoms. The number of nitrogens with one attached hydrogen (secondary N) is 1. The number of hydrogen-bond donors (Lipinski definition) is 1. The van der Waals surface area contributed by atoms with Crippen molar-refractivity contribution in [3.05, 3.63) is 128 Å². The predicted octanol–water partition coefficient (Wildman–Crippen LogP) is 6.32. The molecule has 4 aromatic rings. The number of hydrogen-bond acceptors (Lipinski definition) is 9. The number of fused-ring (bicyclic) bond motifs is 3. The molecule has 3 atom stereocenters. The first-order valence-electron chi connectivity index (χ1n) is 17.1. The van der Waals surface area contributed by atoms with Gasteiger partial charge in [-0.3, -0.25) is 15.0 Å². The molecule has 3 fully saturated rings. The molecular weight excluding hydrogens is 712 g/mol. The summed E-state index contributed by atoms with van der Waals surface area (Å²) in [6.45, 7) is 2.91. The molecule has 2 bridgehead atoms. The second-order valence-corrected chi connectivity index (χ2v) is 13.8. The van der Waals surface area contributed by atoms with Gasteiger partial charge < -0.3 is 24.2 Å². The number of nitrogens with zero attached hydrogens (tertiary/aromatic N) is 2. The number of piperidine rings is 3. The van der Waals surface area contributed by atoms with Crippen LogP contribution in [-0.2, 0) is 38.4 Å². The van der Waals surface area contributed by atoms with Crippen LogP contribution >= 0.6 is 23.2 Å². The monoisotopic (exact) mass is 751 g/mol. The number of pyridine rings is 1. The van der Waals surface area contributed by atoms with Crippen molar-refractivity contribution in [3.63, 3.8) is 0 Å². The Balaban J connectivity index is 1.16. The van der Waals surface area contributed by atoms with Gasteiger partial charge in [0.1, 0.15) is 34.1 Å². The molecule has 2 unspecified atom stereocenters. The number of aromatic nitrogens is 1. The van der Waals surface area contributed by atoms with Gasteiger partial charge in [0, 0.05) is 30.6 Å². The zero-order valence-corrected chi connectivity index (χ0v) is 30.4. The Bertz CT molecular complexity index is 1880. The molecule has 4 heterocycles. The molecule has 10 nitrogen and oxygen atoms in total. The zero-order chi connectivity index (χ0) is 36.8. The third kappa shape index (κ3) is 8.95. The molecule has 3 aromatic carbocycles. The first kappa shape index (κ1) is 37.3. The number of benzene rings is 3. The Morgan fingerprint density at radius 1 is 0.962 bits per heavy atom. The van der Waals surface area contributed by atoms with Gasteiger partial charge in [0.2, 0.25) is 0 Å². The van der Waals surface area contributed by atoms with Crippen molar-refractivity contribution in [1.82, 2.24) is 10.2 Å². The van der Waals surface area contributed by atoms with Gasteiger partial charge in [0.25, 0.3) is 0 Å². The van der Waals surface area contributed by atoms with Crippen molar-refractivity contribution >= 4 is 35.1 Å². The maximum atomic E-state index is 15.0. The molecule has 7 rings (SSSR count). The maximum Gasteiger partial charge on any atom is 0.328 e. The Kier molecular flexibility index (Phi) is 12.2. The Morgan fingerprint density at radius 3 is 2.35 bits per heavy atom. The van der Waals surface area contributed by atoms with Crippen molar-refractivity contribution in [2.24, 2.45) is 5.92 Å². The van der Waals surface area contributed by atoms with Crippen LogP contribution in [0.25, 0.3) is 0 Å². The minimum Gasteiger partial charge on any atom is -0.619 e. The molecule has 13 heteroatoms. The molecule has 0 aliphatic carbocycles. The second-order valence-electron chi connectivity index (χ2n) is 13.0. The predicted molar refractivity (Wildman–Crippen MR) is 193 cm³/mol. The SMILES string of the molecule is COc1ccc(C(Cc2c(Cl)c[n+]([O-])cc2Cl)OC(=O)Cc2cccc(CNC(C(=O)O[C@H]3CN4CCC3CC4)c3ccccc3F)c2)cc1OC. The lowest BCUT2D eigenvalue weighted by atomic mass is 9.86. The van der Waals surface area contributed by atoms with Gasteiger partial charge in [-0.2, -0.15) is 4.73 Å². The van der Waals surface area contributed by atoms with Crippen molar-refractivity contribution in [2.45, 2.75) is 50.5 Å². The lowest BCUT2D eigenvalue weighted by Crippen LogP contribution is -2.52. The third-order valence-electron chi connectivity index (χ3n) is 9.67. The van der Waals surface area contributed by atoms with Gasteiger partial charge in [-0.1, -0.05) is 71.7 Å². The summed E-state index contributed by atoms with van der Waals surface area (Å²) >= 11 is 12.8. The van der Waals surface area contributed by atoms with Crippen LogP contribution in [0.15, 0.2) is 79.1 Å². The Labute approximate surface area is 311 Å². The molecule has 3 aliphatic heterocycles. The van der Waals surface area contributed by atoms with Gasteiger partial charge >= 0.3 is 11.9 Å². The first-order chi connectivity index (χ1) is 25.1. The quantitative estimate of drug-likeness (QED) is 0.0899. The molecule has 0 spiro atoms. The summed E-state index contributed by atoms with van der Waals surface area (Å²) < 4.78 is 38.4. The van der Waals surface area contributed by atoms with E-state index < -0.39 is 29.9 Å². The van der Waals surface area contributed by atoms with Crippen molar-refractivity contribution in [1.29, 1.82) is 0 Å². The van der Waals surface area contributed by atoms with E-state index in [1.54, 1.807) is 48.5 Å². The number of rotatable bonds is 14. The van der Waals surface area contributed by atoms with E-state index in [0.717, 1.165) is 31.5 Å². The van der Waals surface area contributed by atoms with Crippen LogP contribution in [0, 0.1) is 16.9 Å². The van der Waals surface area contributed by atoms with Crippen LogP contribution in [0.5, 0.6) is 11.5 Å². The van der Waals surface area contributed by atoms with Crippen LogP contribution in [0.4, 0.5) is 4.39 Å². The Morgan fingerprint density at radius 2 is 1.67 bits per heavy atom. The highest BCUT2D eigenvalue weighted by molar-refractivity contribution is 6.35. The van der Waals surface area contributed by atoms with Gasteiger partial charge in [-0.05, 0) is 66.7 Å². The highest BCUT2D eigenvalue weighted by Crippen LogP contribution is 2.36. The summed E-state index contributed by atoms with van der Waals surface area (Å²) in [5, 5.41) is 15.3. The number of halogens is 3. The van der Waals surface area contributed by atoms with Crippen molar-refractivity contribution in [3.8, 4) is 11.5 Å². The normalized spacial score (nSPS) is 19.1. The fraction of sp³-hybridized carbons (Fsp3) is 0.359. The zero-order valence-electron chi connectivity index (χ0n) is 28.9. The number of ether oxygens (including phenoxy) is 4. The van der Waals surface area contributed by atoms with E-state index in [2.05, 4.69) is 10.2 Å². The molecule has 0 radical (unpaired) electrons. The third-order valence-corrected chi connectivity index (χ3v) is 10.3. The molecule has 3 aliphatic rings. The van der Waals surface area contributed by atoms with Gasteiger partial charge in [-0.15, -0.1) is 0 Å². The molecule has 1 aromatic heterocycles. The van der Waals surface area contributed by atoms with Crippen molar-refractivity contribution in [2.75, 3.05) is 33.9 Å². The van der Waals surface area contributed by atoms with E-state index in [-0.39, 0.29) is 41.1 Å². The largest absolute Gasteiger partial charge is 0.619 e. The van der Waals surface area contributed by atoms with Gasteiger partial charge in [0.05, 0.1) is 20.6 Å². The topological polar surface area (TPSA) is 113 Å². The summed E-state index contributed by atoms with van der Waals surface area (Å²) in [4.78, 5) is 29.4. The molecular formula is C39H40Cl2FN3O7. The number of esters is 2. The van der Waals surface area contributed by atoms with Crippen LogP contribution < -0.4 is 19.5 Å². The molecule has 1 N–H and O–H groups in total. The standard InChI is InChI=1S/C39H40Cl2FN3O7/c1-49-33-11-10-27(18-35(33)50-2)34(19-29-30(40)21-45(48)22-31(29)41)51-37(46)17-24-6-5-7-25(16-24)20-43-38(28-8-3-4-9-32(28)42)39(47)52-36-23-44-14-12-26(36)13-15-44/h3-11,16,18,21-22,26,34,36,38,43H,12-15,17,19-20,23H2,1-2H3/t34?,36-,38?/m0/s1. The molecule has 3 saturated heterocycles. The summed E-state index contributed by atoms with van der Waals surface area (Å²) in [5.74, 6) is -0.313. The maximum absolute atomic E-state index is 15.0. The van der Waals surface area contributed by atoms with E-state index in [0.29, 0.717) is 45.4 Å². The molecule has 274 valence electrons. The number of methoxy groups -OCH3 is 2. The van der Waals surface area contributed by atoms with Crippen LogP contribution in [-0.4, -0.2) is 56.8 Å². The number of carbonyl (C=O) groups excluding carboxylic acids is 2. The average Bonchev–Trinajstić information content (AvgIpc) is 3.13. The smallest absolute Gasteiger partial charge is 0.328 e. The summed E-state index contributed by atoms with van der Waals surface area (Å²) in [6.07, 6.45) is 3.26. The summed E-state index contributed by atoms with van der Waals surface area (Å²) in [7, 11) is 3.02. The van der Waals surface area contributed by atoms with E-state index in [4.69, 9.17) is 42.1 Å². The van der Waals surface area contributed by atoms with E-state index in [1.807, 2.05) is 12.1 Å².